The van der Waals surface area contributed by atoms with E-state index >= 15 is 0 Å². The molecule has 0 amide bonds. The van der Waals surface area contributed by atoms with Crippen LogP contribution >= 0.6 is 22.6 Å². The van der Waals surface area contributed by atoms with Crippen molar-refractivity contribution in [2.24, 2.45) is 0 Å². The molecule has 2 heterocycles. The van der Waals surface area contributed by atoms with Gasteiger partial charge in [0.1, 0.15) is 0 Å². The summed E-state index contributed by atoms with van der Waals surface area (Å²) in [7, 11) is 0. The smallest absolute Gasteiger partial charge is 0.267 e. The summed E-state index contributed by atoms with van der Waals surface area (Å²) in [5.74, 6) is 0. The van der Waals surface area contributed by atoms with Crippen molar-refractivity contribution in [2.75, 3.05) is 0 Å². The number of hydrogen-bond acceptors (Lipinski definition) is 3. The maximum Gasteiger partial charge on any atom is 0.267 e. The van der Waals surface area contributed by atoms with E-state index in [1.807, 2.05) is 39.5 Å². The summed E-state index contributed by atoms with van der Waals surface area (Å²) >= 11 is 1.99. The first-order valence-corrected chi connectivity index (χ1v) is 6.40. The van der Waals surface area contributed by atoms with Crippen LogP contribution in [-0.4, -0.2) is 19.3 Å². The van der Waals surface area contributed by atoms with Crippen molar-refractivity contribution in [3.63, 3.8) is 0 Å². The summed E-state index contributed by atoms with van der Waals surface area (Å²) in [4.78, 5) is 15.8. The fourth-order valence-electron chi connectivity index (χ4n) is 1.46. The minimum absolute atomic E-state index is 0.0281. The number of aromatic nitrogens is 4. The molecule has 17 heavy (non-hydrogen) atoms. The summed E-state index contributed by atoms with van der Waals surface area (Å²) in [6, 6.07) is 2.25. The van der Waals surface area contributed by atoms with E-state index in [0.29, 0.717) is 16.2 Å². The molecule has 2 rings (SSSR count). The second-order valence-electron chi connectivity index (χ2n) is 4.06. The molecule has 0 atom stereocenters. The molecule has 0 radical (unpaired) electrons. The Balaban J connectivity index is 2.26. The minimum Gasteiger partial charge on any atom is -0.292 e. The average molecular weight is 344 g/mol. The SMILES string of the molecule is CC(C)n1ccc(Cn2cncc(I)c2=O)n1. The maximum absolute atomic E-state index is 11.8. The highest BCUT2D eigenvalue weighted by molar-refractivity contribution is 14.1. The molecule has 0 saturated carbocycles. The van der Waals surface area contributed by atoms with Gasteiger partial charge in [-0.3, -0.25) is 14.0 Å². The molecule has 0 fully saturated rings. The zero-order chi connectivity index (χ0) is 12.4. The molecule has 90 valence electrons. The van der Waals surface area contributed by atoms with Crippen molar-refractivity contribution in [3.8, 4) is 0 Å². The van der Waals surface area contributed by atoms with Crippen LogP contribution in [-0.2, 0) is 6.54 Å². The minimum atomic E-state index is -0.0281. The van der Waals surface area contributed by atoms with Gasteiger partial charge >= 0.3 is 0 Å². The van der Waals surface area contributed by atoms with Gasteiger partial charge in [-0.05, 0) is 42.5 Å². The summed E-state index contributed by atoms with van der Waals surface area (Å²) in [5, 5.41) is 4.40. The molecule has 0 N–H and O–H groups in total. The topological polar surface area (TPSA) is 52.7 Å². The Morgan fingerprint density at radius 1 is 1.47 bits per heavy atom. The van der Waals surface area contributed by atoms with Gasteiger partial charge in [-0.1, -0.05) is 0 Å². The average Bonchev–Trinajstić information content (AvgIpc) is 2.73. The Bertz CT molecular complexity index is 573. The van der Waals surface area contributed by atoms with Crippen LogP contribution in [0.3, 0.4) is 0 Å². The van der Waals surface area contributed by atoms with E-state index < -0.39 is 0 Å². The molecule has 0 aliphatic heterocycles. The Hall–Kier alpha value is -1.18. The lowest BCUT2D eigenvalue weighted by Gasteiger charge is -2.05. The molecule has 0 spiro atoms. The molecule has 0 bridgehead atoms. The standard InChI is InChI=1S/C11H13IN4O/c1-8(2)16-4-3-9(14-16)6-15-7-13-5-10(12)11(15)17/h3-5,7-8H,6H2,1-2H3. The highest BCUT2D eigenvalue weighted by Crippen LogP contribution is 2.05. The summed E-state index contributed by atoms with van der Waals surface area (Å²) in [5.41, 5.74) is 0.837. The van der Waals surface area contributed by atoms with Crippen LogP contribution in [0.15, 0.2) is 29.6 Å². The predicted molar refractivity (Wildman–Crippen MR) is 72.9 cm³/mol. The Kier molecular flexibility index (Phi) is 3.60. The van der Waals surface area contributed by atoms with Gasteiger partial charge in [0.2, 0.25) is 0 Å². The molecule has 6 heteroatoms. The summed E-state index contributed by atoms with van der Waals surface area (Å²) in [6.45, 7) is 4.59. The van der Waals surface area contributed by atoms with Crippen molar-refractivity contribution in [1.82, 2.24) is 19.3 Å². The summed E-state index contributed by atoms with van der Waals surface area (Å²) < 4.78 is 4.06. The van der Waals surface area contributed by atoms with Crippen LogP contribution < -0.4 is 5.56 Å². The first-order valence-electron chi connectivity index (χ1n) is 5.32. The van der Waals surface area contributed by atoms with Crippen LogP contribution in [0.4, 0.5) is 0 Å². The van der Waals surface area contributed by atoms with Gasteiger partial charge in [0.15, 0.2) is 0 Å². The Labute approximate surface area is 113 Å². The predicted octanol–water partition coefficient (Wildman–Crippen LogP) is 1.67. The van der Waals surface area contributed by atoms with E-state index in [9.17, 15) is 4.79 Å². The fourth-order valence-corrected chi connectivity index (χ4v) is 1.93. The largest absolute Gasteiger partial charge is 0.292 e. The lowest BCUT2D eigenvalue weighted by molar-refractivity contribution is 0.522. The van der Waals surface area contributed by atoms with E-state index in [1.54, 1.807) is 17.1 Å². The Morgan fingerprint density at radius 3 is 2.88 bits per heavy atom. The molecule has 0 aliphatic carbocycles. The third-order valence-electron chi connectivity index (χ3n) is 2.38. The summed E-state index contributed by atoms with van der Waals surface area (Å²) in [6.07, 6.45) is 5.03. The van der Waals surface area contributed by atoms with Crippen LogP contribution in [0.2, 0.25) is 0 Å². The van der Waals surface area contributed by atoms with Crippen molar-refractivity contribution in [2.45, 2.75) is 26.4 Å². The van der Waals surface area contributed by atoms with Crippen LogP contribution in [0.1, 0.15) is 25.6 Å². The lowest BCUT2D eigenvalue weighted by atomic mass is 10.4. The molecular weight excluding hydrogens is 331 g/mol. The third kappa shape index (κ3) is 2.74. The van der Waals surface area contributed by atoms with Crippen LogP contribution in [0, 0.1) is 3.57 Å². The second kappa shape index (κ2) is 4.99. The molecule has 0 aromatic carbocycles. The molecule has 0 aliphatic rings. The van der Waals surface area contributed by atoms with Gasteiger partial charge in [-0.2, -0.15) is 5.10 Å². The third-order valence-corrected chi connectivity index (χ3v) is 3.12. The van der Waals surface area contributed by atoms with Crippen molar-refractivity contribution in [3.05, 3.63) is 44.4 Å². The quantitative estimate of drug-likeness (QED) is 0.796. The lowest BCUT2D eigenvalue weighted by Crippen LogP contribution is -2.23. The molecule has 5 nitrogen and oxygen atoms in total. The van der Waals surface area contributed by atoms with Gasteiger partial charge in [0.25, 0.3) is 5.56 Å². The molecule has 2 aromatic rings. The maximum atomic E-state index is 11.8. The van der Waals surface area contributed by atoms with Gasteiger partial charge < -0.3 is 0 Å². The van der Waals surface area contributed by atoms with Crippen molar-refractivity contribution >= 4 is 22.6 Å². The number of nitrogens with zero attached hydrogens (tertiary/aromatic N) is 4. The number of rotatable bonds is 3. The van der Waals surface area contributed by atoms with E-state index in [1.165, 1.54) is 0 Å². The van der Waals surface area contributed by atoms with E-state index in [-0.39, 0.29) is 5.56 Å². The van der Waals surface area contributed by atoms with E-state index in [0.717, 1.165) is 5.69 Å². The van der Waals surface area contributed by atoms with Gasteiger partial charge in [0.05, 0.1) is 22.1 Å². The van der Waals surface area contributed by atoms with Crippen molar-refractivity contribution < 1.29 is 0 Å². The van der Waals surface area contributed by atoms with Crippen LogP contribution in [0.5, 0.6) is 0 Å². The number of halogens is 1. The zero-order valence-electron chi connectivity index (χ0n) is 9.67. The van der Waals surface area contributed by atoms with E-state index in [4.69, 9.17) is 0 Å². The first-order chi connectivity index (χ1) is 8.08. The highest BCUT2D eigenvalue weighted by Gasteiger charge is 2.05. The Morgan fingerprint density at radius 2 is 2.24 bits per heavy atom. The van der Waals surface area contributed by atoms with Crippen LogP contribution in [0.25, 0.3) is 0 Å². The van der Waals surface area contributed by atoms with Gasteiger partial charge in [-0.15, -0.1) is 0 Å². The second-order valence-corrected chi connectivity index (χ2v) is 5.22. The normalized spacial score (nSPS) is 11.1. The zero-order valence-corrected chi connectivity index (χ0v) is 11.8. The van der Waals surface area contributed by atoms with Gasteiger partial charge in [-0.25, -0.2) is 4.98 Å². The molecule has 0 unspecified atom stereocenters. The molecule has 2 aromatic heterocycles. The fraction of sp³-hybridized carbons (Fsp3) is 0.364. The van der Waals surface area contributed by atoms with E-state index in [2.05, 4.69) is 23.9 Å². The highest BCUT2D eigenvalue weighted by atomic mass is 127. The molecule has 0 saturated heterocycles. The first kappa shape index (κ1) is 12.3. The monoisotopic (exact) mass is 344 g/mol. The van der Waals surface area contributed by atoms with Gasteiger partial charge in [0, 0.05) is 18.4 Å². The number of hydrogen-bond donors (Lipinski definition) is 0. The van der Waals surface area contributed by atoms with Crippen molar-refractivity contribution in [1.29, 1.82) is 0 Å². The molecular formula is C11H13IN4O.